The first-order valence-corrected chi connectivity index (χ1v) is 5.71. The lowest BCUT2D eigenvalue weighted by Crippen LogP contribution is -2.60. The van der Waals surface area contributed by atoms with E-state index in [0.29, 0.717) is 12.2 Å². The minimum absolute atomic E-state index is 0.0856. The van der Waals surface area contributed by atoms with Gasteiger partial charge in [0.2, 0.25) is 5.91 Å². The molecule has 0 atom stereocenters. The number of anilines is 1. The number of aryl methyl sites for hydroxylation is 1. The molecule has 1 N–H and O–H groups in total. The minimum Gasteiger partial charge on any atom is -0.306 e. The van der Waals surface area contributed by atoms with E-state index >= 15 is 0 Å². The second-order valence-corrected chi connectivity index (χ2v) is 5.12. The van der Waals surface area contributed by atoms with Crippen LogP contribution in [0.4, 0.5) is 10.1 Å². The van der Waals surface area contributed by atoms with E-state index in [1.807, 2.05) is 26.8 Å². The Labute approximate surface area is 101 Å². The van der Waals surface area contributed by atoms with Gasteiger partial charge in [0.25, 0.3) is 0 Å². The molecule has 1 heterocycles. The number of rotatable bonds is 1. The highest BCUT2D eigenvalue weighted by molar-refractivity contribution is 5.96. The van der Waals surface area contributed by atoms with Crippen molar-refractivity contribution in [3.05, 3.63) is 29.6 Å². The molecule has 0 aliphatic carbocycles. The fourth-order valence-electron chi connectivity index (χ4n) is 2.12. The average molecular weight is 236 g/mol. The van der Waals surface area contributed by atoms with Crippen LogP contribution in [0, 0.1) is 12.7 Å². The van der Waals surface area contributed by atoms with Crippen LogP contribution < -0.4 is 10.2 Å². The molecule has 17 heavy (non-hydrogen) atoms. The molecule has 1 fully saturated rings. The van der Waals surface area contributed by atoms with Crippen molar-refractivity contribution in [3.63, 3.8) is 0 Å². The number of nitrogens with zero attached hydrogens (tertiary/aromatic N) is 1. The van der Waals surface area contributed by atoms with Crippen molar-refractivity contribution in [2.75, 3.05) is 18.0 Å². The topological polar surface area (TPSA) is 32.3 Å². The van der Waals surface area contributed by atoms with Gasteiger partial charge in [-0.15, -0.1) is 0 Å². The molecule has 0 radical (unpaired) electrons. The van der Waals surface area contributed by atoms with E-state index in [2.05, 4.69) is 5.32 Å². The van der Waals surface area contributed by atoms with Crippen molar-refractivity contribution in [1.29, 1.82) is 0 Å². The molecule has 3 nitrogen and oxygen atoms in total. The number of carbonyl (C=O) groups excluding carboxylic acids is 1. The molecule has 0 unspecified atom stereocenters. The quantitative estimate of drug-likeness (QED) is 0.807. The molecule has 0 spiro atoms. The van der Waals surface area contributed by atoms with E-state index in [0.717, 1.165) is 5.56 Å². The average Bonchev–Trinajstić information content (AvgIpc) is 2.23. The minimum atomic E-state index is -0.337. The van der Waals surface area contributed by atoms with E-state index in [-0.39, 0.29) is 23.8 Å². The number of hydrogen-bond acceptors (Lipinski definition) is 2. The van der Waals surface area contributed by atoms with Crippen LogP contribution >= 0.6 is 0 Å². The summed E-state index contributed by atoms with van der Waals surface area (Å²) in [6.07, 6.45) is 0. The Morgan fingerprint density at radius 2 is 2.12 bits per heavy atom. The van der Waals surface area contributed by atoms with Crippen LogP contribution in [0.15, 0.2) is 18.2 Å². The van der Waals surface area contributed by atoms with E-state index in [1.165, 1.54) is 6.07 Å². The number of carbonyl (C=O) groups is 1. The van der Waals surface area contributed by atoms with Gasteiger partial charge in [-0.1, -0.05) is 12.1 Å². The molecule has 2 rings (SSSR count). The van der Waals surface area contributed by atoms with E-state index in [4.69, 9.17) is 0 Å². The van der Waals surface area contributed by atoms with Gasteiger partial charge in [-0.25, -0.2) is 4.39 Å². The van der Waals surface area contributed by atoms with E-state index < -0.39 is 0 Å². The second kappa shape index (κ2) is 4.11. The van der Waals surface area contributed by atoms with Crippen molar-refractivity contribution < 1.29 is 9.18 Å². The maximum absolute atomic E-state index is 13.8. The lowest BCUT2D eigenvalue weighted by atomic mass is 10.0. The van der Waals surface area contributed by atoms with Gasteiger partial charge in [0.05, 0.1) is 12.2 Å². The molecular weight excluding hydrogens is 219 g/mol. The Bertz CT molecular complexity index is 436. The Hall–Kier alpha value is -1.42. The standard InChI is InChI=1S/C13H17FN2O/c1-9-5-4-6-10(14)12(9)16-8-13(2,3)15-7-11(16)17/h4-6,15H,7-8H2,1-3H3. The molecule has 1 aromatic carbocycles. The number of nitrogens with one attached hydrogen (secondary N) is 1. The third kappa shape index (κ3) is 2.31. The zero-order valence-corrected chi connectivity index (χ0v) is 10.4. The molecular formula is C13H17FN2O. The third-order valence-corrected chi connectivity index (χ3v) is 3.03. The normalized spacial score (nSPS) is 19.5. The smallest absolute Gasteiger partial charge is 0.241 e. The van der Waals surface area contributed by atoms with E-state index in [9.17, 15) is 9.18 Å². The highest BCUT2D eigenvalue weighted by atomic mass is 19.1. The monoisotopic (exact) mass is 236 g/mol. The van der Waals surface area contributed by atoms with Crippen LogP contribution in [0.3, 0.4) is 0 Å². The maximum Gasteiger partial charge on any atom is 0.241 e. The SMILES string of the molecule is Cc1cccc(F)c1N1CC(C)(C)NCC1=O. The molecule has 92 valence electrons. The first-order chi connectivity index (χ1) is 7.91. The number of para-hydroxylation sites is 1. The number of benzene rings is 1. The first kappa shape index (κ1) is 12.0. The molecule has 0 saturated carbocycles. The number of piperazine rings is 1. The predicted molar refractivity (Wildman–Crippen MR) is 65.6 cm³/mol. The molecule has 1 aliphatic heterocycles. The Balaban J connectivity index is 2.41. The maximum atomic E-state index is 13.8. The number of hydrogen-bond donors (Lipinski definition) is 1. The molecule has 1 amide bonds. The molecule has 1 aromatic rings. The number of amides is 1. The van der Waals surface area contributed by atoms with Crippen LogP contribution in [0.25, 0.3) is 0 Å². The fraction of sp³-hybridized carbons (Fsp3) is 0.462. The molecule has 0 bridgehead atoms. The lowest BCUT2D eigenvalue weighted by Gasteiger charge is -2.39. The van der Waals surface area contributed by atoms with Gasteiger partial charge >= 0.3 is 0 Å². The van der Waals surface area contributed by atoms with Gasteiger partial charge in [0.15, 0.2) is 0 Å². The summed E-state index contributed by atoms with van der Waals surface area (Å²) in [6.45, 7) is 6.56. The summed E-state index contributed by atoms with van der Waals surface area (Å²) in [6, 6.07) is 4.87. The van der Waals surface area contributed by atoms with Gasteiger partial charge in [0.1, 0.15) is 5.82 Å². The summed E-state index contributed by atoms with van der Waals surface area (Å²) in [7, 11) is 0. The molecule has 1 saturated heterocycles. The molecule has 0 aromatic heterocycles. The van der Waals surface area contributed by atoms with Gasteiger partial charge < -0.3 is 10.2 Å². The van der Waals surface area contributed by atoms with Crippen molar-refractivity contribution in [1.82, 2.24) is 5.32 Å². The largest absolute Gasteiger partial charge is 0.306 e. The Morgan fingerprint density at radius 3 is 2.76 bits per heavy atom. The van der Waals surface area contributed by atoms with E-state index in [1.54, 1.807) is 11.0 Å². The summed E-state index contributed by atoms with van der Waals surface area (Å²) < 4.78 is 13.8. The first-order valence-electron chi connectivity index (χ1n) is 5.71. The molecule has 1 aliphatic rings. The predicted octanol–water partition coefficient (Wildman–Crippen LogP) is 1.85. The zero-order chi connectivity index (χ0) is 12.6. The second-order valence-electron chi connectivity index (χ2n) is 5.12. The summed E-state index contributed by atoms with van der Waals surface area (Å²) in [5, 5.41) is 3.13. The Morgan fingerprint density at radius 1 is 1.41 bits per heavy atom. The highest BCUT2D eigenvalue weighted by Gasteiger charge is 2.33. The van der Waals surface area contributed by atoms with Crippen molar-refractivity contribution in [3.8, 4) is 0 Å². The third-order valence-electron chi connectivity index (χ3n) is 3.03. The van der Waals surface area contributed by atoms with Crippen molar-refractivity contribution in [2.45, 2.75) is 26.3 Å². The van der Waals surface area contributed by atoms with Crippen molar-refractivity contribution >= 4 is 11.6 Å². The van der Waals surface area contributed by atoms with Crippen molar-refractivity contribution in [2.24, 2.45) is 0 Å². The van der Waals surface area contributed by atoms with Gasteiger partial charge in [-0.3, -0.25) is 4.79 Å². The molecule has 4 heteroatoms. The fourth-order valence-corrected chi connectivity index (χ4v) is 2.12. The lowest BCUT2D eigenvalue weighted by molar-refractivity contribution is -0.119. The summed E-state index contributed by atoms with van der Waals surface area (Å²) in [5.41, 5.74) is 1.01. The van der Waals surface area contributed by atoms with Gasteiger partial charge in [-0.05, 0) is 32.4 Å². The van der Waals surface area contributed by atoms with Crippen LogP contribution in [-0.4, -0.2) is 24.5 Å². The van der Waals surface area contributed by atoms with Gasteiger partial charge in [-0.2, -0.15) is 0 Å². The van der Waals surface area contributed by atoms with Crippen LogP contribution in [0.1, 0.15) is 19.4 Å². The van der Waals surface area contributed by atoms with Crippen LogP contribution in [-0.2, 0) is 4.79 Å². The summed E-state index contributed by atoms with van der Waals surface area (Å²) in [4.78, 5) is 13.4. The summed E-state index contributed by atoms with van der Waals surface area (Å²) in [5.74, 6) is -0.423. The summed E-state index contributed by atoms with van der Waals surface area (Å²) >= 11 is 0. The van der Waals surface area contributed by atoms with Gasteiger partial charge in [0, 0.05) is 12.1 Å². The number of halogens is 1. The van der Waals surface area contributed by atoms with Crippen LogP contribution in [0.5, 0.6) is 0 Å². The van der Waals surface area contributed by atoms with Crippen LogP contribution in [0.2, 0.25) is 0 Å². The zero-order valence-electron chi connectivity index (χ0n) is 10.4. The Kier molecular flexibility index (Phi) is 2.91. The highest BCUT2D eigenvalue weighted by Crippen LogP contribution is 2.27.